The number of nitrogen functional groups attached to an aromatic ring is 1. The van der Waals surface area contributed by atoms with Crippen LogP contribution in [-0.4, -0.2) is 17.3 Å². The third kappa shape index (κ3) is 2.03. The van der Waals surface area contributed by atoms with Crippen molar-refractivity contribution in [2.75, 3.05) is 12.8 Å². The average molecular weight is 238 g/mol. The van der Waals surface area contributed by atoms with Crippen LogP contribution in [-0.2, 0) is 11.3 Å². The Morgan fingerprint density at radius 2 is 2.25 bits per heavy atom. The summed E-state index contributed by atoms with van der Waals surface area (Å²) in [5.41, 5.74) is 8.60. The van der Waals surface area contributed by atoms with Crippen molar-refractivity contribution in [3.63, 3.8) is 0 Å². The van der Waals surface area contributed by atoms with Crippen LogP contribution in [0.4, 0.5) is 5.82 Å². The number of methoxy groups -OCH3 is 1. The molecule has 0 aliphatic rings. The zero-order valence-corrected chi connectivity index (χ0v) is 9.58. The second kappa shape index (κ2) is 4.55. The first-order chi connectivity index (χ1) is 7.72. The summed E-state index contributed by atoms with van der Waals surface area (Å²) in [5, 5.41) is 7.26. The Morgan fingerprint density at radius 1 is 1.44 bits per heavy atom. The van der Waals surface area contributed by atoms with E-state index < -0.39 is 0 Å². The fourth-order valence-corrected chi connectivity index (χ4v) is 1.76. The summed E-state index contributed by atoms with van der Waals surface area (Å²) in [4.78, 5) is 0. The van der Waals surface area contributed by atoms with Crippen LogP contribution in [0.25, 0.3) is 11.1 Å². The van der Waals surface area contributed by atoms with E-state index in [1.54, 1.807) is 13.3 Å². The Balaban J connectivity index is 2.53. The van der Waals surface area contributed by atoms with Crippen molar-refractivity contribution >= 4 is 17.4 Å². The summed E-state index contributed by atoms with van der Waals surface area (Å²) in [6.07, 6.45) is 1.68. The first kappa shape index (κ1) is 11.0. The number of anilines is 1. The highest BCUT2D eigenvalue weighted by Gasteiger charge is 2.10. The number of benzene rings is 1. The van der Waals surface area contributed by atoms with Gasteiger partial charge in [-0.2, -0.15) is 5.10 Å². The smallest absolute Gasteiger partial charge is 0.126 e. The molecule has 0 bridgehead atoms. The number of ether oxygens (including phenoxy) is 1. The fraction of sp³-hybridized carbons (Fsp3) is 0.182. The predicted molar refractivity (Wildman–Crippen MR) is 64.2 cm³/mol. The second-order valence-corrected chi connectivity index (χ2v) is 3.87. The predicted octanol–water partition coefficient (Wildman–Crippen LogP) is 2.46. The highest BCUT2D eigenvalue weighted by molar-refractivity contribution is 6.30. The molecule has 0 atom stereocenters. The molecule has 16 heavy (non-hydrogen) atoms. The average Bonchev–Trinajstić information content (AvgIpc) is 2.67. The van der Waals surface area contributed by atoms with Crippen LogP contribution in [0.1, 0.15) is 5.56 Å². The first-order valence-electron chi connectivity index (χ1n) is 4.79. The molecule has 1 aromatic heterocycles. The van der Waals surface area contributed by atoms with Crippen LogP contribution in [0.2, 0.25) is 5.02 Å². The second-order valence-electron chi connectivity index (χ2n) is 3.43. The number of hydrogen-bond donors (Lipinski definition) is 2. The summed E-state index contributed by atoms with van der Waals surface area (Å²) < 4.78 is 5.13. The Labute approximate surface area is 98.4 Å². The number of nitrogens with zero attached hydrogens (tertiary/aromatic N) is 1. The number of halogens is 1. The van der Waals surface area contributed by atoms with E-state index in [-0.39, 0.29) is 0 Å². The number of aromatic amines is 1. The van der Waals surface area contributed by atoms with Gasteiger partial charge < -0.3 is 10.5 Å². The lowest BCUT2D eigenvalue weighted by Crippen LogP contribution is -1.94. The Morgan fingerprint density at radius 3 is 2.88 bits per heavy atom. The lowest BCUT2D eigenvalue weighted by Gasteiger charge is -2.08. The molecule has 0 saturated carbocycles. The molecule has 0 spiro atoms. The molecular formula is C11H12ClN3O. The molecule has 0 saturated heterocycles. The fourth-order valence-electron chi connectivity index (χ4n) is 1.59. The molecule has 5 heteroatoms. The minimum Gasteiger partial charge on any atom is -0.384 e. The molecule has 0 radical (unpaired) electrons. The van der Waals surface area contributed by atoms with E-state index in [0.717, 1.165) is 16.7 Å². The third-order valence-corrected chi connectivity index (χ3v) is 2.57. The van der Waals surface area contributed by atoms with Crippen LogP contribution in [0.3, 0.4) is 0 Å². The van der Waals surface area contributed by atoms with E-state index in [0.29, 0.717) is 17.4 Å². The highest BCUT2D eigenvalue weighted by Crippen LogP contribution is 2.30. The van der Waals surface area contributed by atoms with Crippen molar-refractivity contribution in [3.8, 4) is 11.1 Å². The van der Waals surface area contributed by atoms with Gasteiger partial charge in [0.1, 0.15) is 5.82 Å². The van der Waals surface area contributed by atoms with Crippen LogP contribution in [0.5, 0.6) is 0 Å². The van der Waals surface area contributed by atoms with E-state index in [1.165, 1.54) is 0 Å². The van der Waals surface area contributed by atoms with Gasteiger partial charge in [0.15, 0.2) is 0 Å². The maximum atomic E-state index is 5.97. The van der Waals surface area contributed by atoms with Crippen molar-refractivity contribution in [2.24, 2.45) is 0 Å². The number of hydrogen-bond acceptors (Lipinski definition) is 3. The number of nitrogens with two attached hydrogens (primary N) is 1. The minimum atomic E-state index is 0.511. The summed E-state index contributed by atoms with van der Waals surface area (Å²) >= 11 is 5.97. The first-order valence-corrected chi connectivity index (χ1v) is 5.16. The Bertz CT molecular complexity index is 496. The SMILES string of the molecule is COCc1ccc(Cl)cc1-c1cn[nH]c1N. The number of H-pyrrole nitrogens is 1. The van der Waals surface area contributed by atoms with E-state index in [4.69, 9.17) is 22.1 Å². The van der Waals surface area contributed by atoms with Gasteiger partial charge >= 0.3 is 0 Å². The number of rotatable bonds is 3. The molecule has 0 fully saturated rings. The van der Waals surface area contributed by atoms with Crippen molar-refractivity contribution in [2.45, 2.75) is 6.61 Å². The van der Waals surface area contributed by atoms with Crippen molar-refractivity contribution in [3.05, 3.63) is 35.0 Å². The lowest BCUT2D eigenvalue weighted by atomic mass is 10.0. The van der Waals surface area contributed by atoms with Gasteiger partial charge in [0, 0.05) is 17.7 Å². The number of aromatic nitrogens is 2. The Kier molecular flexibility index (Phi) is 3.12. The van der Waals surface area contributed by atoms with Gasteiger partial charge in [0.05, 0.1) is 12.8 Å². The highest BCUT2D eigenvalue weighted by atomic mass is 35.5. The van der Waals surface area contributed by atoms with Gasteiger partial charge in [-0.3, -0.25) is 5.10 Å². The molecule has 0 aliphatic carbocycles. The van der Waals surface area contributed by atoms with Crippen LogP contribution >= 0.6 is 11.6 Å². The van der Waals surface area contributed by atoms with E-state index in [1.807, 2.05) is 18.2 Å². The standard InChI is InChI=1S/C11H12ClN3O/c1-16-6-7-2-3-8(12)4-9(7)10-5-14-15-11(10)13/h2-5H,6H2,1H3,(H3,13,14,15). The van der Waals surface area contributed by atoms with Gasteiger partial charge in [0.2, 0.25) is 0 Å². The molecule has 0 amide bonds. The van der Waals surface area contributed by atoms with Gasteiger partial charge in [-0.15, -0.1) is 0 Å². The van der Waals surface area contributed by atoms with Crippen molar-refractivity contribution < 1.29 is 4.74 Å². The van der Waals surface area contributed by atoms with Crippen LogP contribution in [0, 0.1) is 0 Å². The molecule has 84 valence electrons. The molecule has 2 rings (SSSR count). The van der Waals surface area contributed by atoms with E-state index >= 15 is 0 Å². The van der Waals surface area contributed by atoms with Crippen molar-refractivity contribution in [1.29, 1.82) is 0 Å². The normalized spacial score (nSPS) is 10.6. The zero-order valence-electron chi connectivity index (χ0n) is 8.83. The molecule has 0 aliphatic heterocycles. The van der Waals surface area contributed by atoms with E-state index in [9.17, 15) is 0 Å². The molecule has 2 aromatic rings. The third-order valence-electron chi connectivity index (χ3n) is 2.33. The molecular weight excluding hydrogens is 226 g/mol. The Hall–Kier alpha value is -1.52. The molecule has 0 unspecified atom stereocenters. The molecule has 1 aromatic carbocycles. The summed E-state index contributed by atoms with van der Waals surface area (Å²) in [5.74, 6) is 0.527. The van der Waals surface area contributed by atoms with Crippen LogP contribution < -0.4 is 5.73 Å². The minimum absolute atomic E-state index is 0.511. The number of nitrogens with one attached hydrogen (secondary N) is 1. The lowest BCUT2D eigenvalue weighted by molar-refractivity contribution is 0.185. The van der Waals surface area contributed by atoms with Gasteiger partial charge in [0.25, 0.3) is 0 Å². The largest absolute Gasteiger partial charge is 0.384 e. The van der Waals surface area contributed by atoms with Gasteiger partial charge in [-0.25, -0.2) is 0 Å². The zero-order chi connectivity index (χ0) is 11.5. The summed E-state index contributed by atoms with van der Waals surface area (Å²) in [7, 11) is 1.65. The summed E-state index contributed by atoms with van der Waals surface area (Å²) in [6.45, 7) is 0.511. The molecule has 1 heterocycles. The molecule has 3 N–H and O–H groups in total. The van der Waals surface area contributed by atoms with Gasteiger partial charge in [-0.05, 0) is 23.3 Å². The van der Waals surface area contributed by atoms with Gasteiger partial charge in [-0.1, -0.05) is 17.7 Å². The quantitative estimate of drug-likeness (QED) is 0.862. The maximum absolute atomic E-state index is 5.97. The maximum Gasteiger partial charge on any atom is 0.126 e. The van der Waals surface area contributed by atoms with Crippen molar-refractivity contribution in [1.82, 2.24) is 10.2 Å². The summed E-state index contributed by atoms with van der Waals surface area (Å²) in [6, 6.07) is 5.61. The van der Waals surface area contributed by atoms with E-state index in [2.05, 4.69) is 10.2 Å². The monoisotopic (exact) mass is 237 g/mol. The van der Waals surface area contributed by atoms with Crippen LogP contribution in [0.15, 0.2) is 24.4 Å². The topological polar surface area (TPSA) is 63.9 Å². The molecule has 4 nitrogen and oxygen atoms in total.